The van der Waals surface area contributed by atoms with Crippen molar-refractivity contribution < 1.29 is 0 Å². The summed E-state index contributed by atoms with van der Waals surface area (Å²) in [6.45, 7) is 6.58. The molecule has 0 aliphatic heterocycles. The Morgan fingerprint density at radius 3 is 1.11 bits per heavy atom. The number of benzene rings is 3. The quantitative estimate of drug-likeness (QED) is 0.246. The van der Waals surface area contributed by atoms with E-state index in [0.717, 1.165) is 0 Å². The molecule has 6 aromatic rings. The minimum absolute atomic E-state index is 0.408. The molecule has 3 nitrogen and oxygen atoms in total. The van der Waals surface area contributed by atoms with Gasteiger partial charge in [-0.2, -0.15) is 0 Å². The Hall–Kier alpha value is -1.99. The van der Waals surface area contributed by atoms with Gasteiger partial charge < -0.3 is 0 Å². The Labute approximate surface area is 235 Å². The van der Waals surface area contributed by atoms with Crippen LogP contribution in [0.5, 0.6) is 0 Å². The predicted octanol–water partition coefficient (Wildman–Crippen LogP) is 3.63. The van der Waals surface area contributed by atoms with Crippen molar-refractivity contribution in [3.05, 3.63) is 108 Å². The molecule has 0 aliphatic rings. The average molecular weight is 738 g/mol. The third-order valence-corrected chi connectivity index (χ3v) is 47.3. The number of hydrogen-bond acceptors (Lipinski definition) is 3. The number of nitrogens with zero attached hydrogens (tertiary/aromatic N) is 3. The number of aromatic nitrogens is 3. The molecule has 3 aromatic heterocycles. The van der Waals surface area contributed by atoms with E-state index in [4.69, 9.17) is 15.0 Å². The predicted molar refractivity (Wildman–Crippen MR) is 161 cm³/mol. The van der Waals surface area contributed by atoms with Crippen LogP contribution in [0.25, 0.3) is 32.7 Å². The van der Waals surface area contributed by atoms with Gasteiger partial charge in [-0.25, -0.2) is 0 Å². The number of hydrogen-bond donors (Lipinski definition) is 0. The van der Waals surface area contributed by atoms with Crippen LogP contribution in [0.4, 0.5) is 0 Å². The fraction of sp³-hybridized carbons (Fsp3) is 0.100. The van der Waals surface area contributed by atoms with E-state index in [9.17, 15) is 0 Å². The first-order valence-electron chi connectivity index (χ1n) is 12.0. The van der Waals surface area contributed by atoms with Crippen molar-refractivity contribution in [3.8, 4) is 0 Å². The van der Waals surface area contributed by atoms with Crippen LogP contribution in [0.15, 0.2) is 91.4 Å². The molecule has 0 amide bonds. The van der Waals surface area contributed by atoms with E-state index in [1.807, 2.05) is 18.6 Å². The summed E-state index contributed by atoms with van der Waals surface area (Å²) >= 11 is 1.22. The second-order valence-electron chi connectivity index (χ2n) is 8.84. The van der Waals surface area contributed by atoms with Crippen LogP contribution in [0.1, 0.15) is 16.7 Å². The van der Waals surface area contributed by atoms with Crippen molar-refractivity contribution in [2.75, 3.05) is 0 Å². The normalized spacial score (nSPS) is 11.7. The van der Waals surface area contributed by atoms with E-state index >= 15 is 0 Å². The summed E-state index contributed by atoms with van der Waals surface area (Å²) in [4.78, 5) is 14.6. The molecular weight excluding hydrogens is 714 g/mol. The fourth-order valence-corrected chi connectivity index (χ4v) is 53.0. The fourth-order valence-electron chi connectivity index (χ4n) is 4.38. The van der Waals surface area contributed by atoms with Gasteiger partial charge in [-0.1, -0.05) is 0 Å². The molecule has 0 saturated heterocycles. The summed E-state index contributed by atoms with van der Waals surface area (Å²) in [5.74, 6) is 0. The molecule has 7 heteroatoms. The summed E-state index contributed by atoms with van der Waals surface area (Å²) in [6.07, 6.45) is 5.92. The first-order chi connectivity index (χ1) is 18.1. The van der Waals surface area contributed by atoms with Crippen molar-refractivity contribution in [3.63, 3.8) is 0 Å². The summed E-state index contributed by atoms with van der Waals surface area (Å²) in [6, 6.07) is 26.7. The second-order valence-corrected chi connectivity index (χ2v) is 49.9. The molecular formula is C30H24AsN3Se3. The van der Waals surface area contributed by atoms with Crippen molar-refractivity contribution in [2.24, 2.45) is 0 Å². The maximum absolute atomic E-state index is 4.86. The zero-order valence-electron chi connectivity index (χ0n) is 20.7. The van der Waals surface area contributed by atoms with Gasteiger partial charge in [0.05, 0.1) is 0 Å². The van der Waals surface area contributed by atoms with Gasteiger partial charge in [0.25, 0.3) is 0 Å². The van der Waals surface area contributed by atoms with Crippen LogP contribution in [0.3, 0.4) is 0 Å². The number of pyridine rings is 3. The van der Waals surface area contributed by atoms with Crippen molar-refractivity contribution in [1.29, 1.82) is 0 Å². The Balaban J connectivity index is 1.45. The van der Waals surface area contributed by atoms with Crippen LogP contribution < -0.4 is 13.4 Å². The Kier molecular flexibility index (Phi) is 7.53. The first-order valence-corrected chi connectivity index (χ1v) is 28.8. The molecule has 0 radical (unpaired) electrons. The summed E-state index contributed by atoms with van der Waals surface area (Å²) in [5.41, 5.74) is 7.52. The second kappa shape index (κ2) is 11.0. The molecule has 3 heterocycles. The van der Waals surface area contributed by atoms with Gasteiger partial charge in [0.2, 0.25) is 0 Å². The minimum atomic E-state index is -1.30. The molecule has 0 saturated carbocycles. The third-order valence-electron chi connectivity index (χ3n) is 6.37. The van der Waals surface area contributed by atoms with Crippen LogP contribution in [-0.2, 0) is 0 Å². The van der Waals surface area contributed by atoms with Crippen molar-refractivity contribution in [1.82, 2.24) is 15.0 Å². The number of aryl methyl sites for hydroxylation is 3. The van der Waals surface area contributed by atoms with E-state index in [0.29, 0.717) is 38.9 Å². The zero-order chi connectivity index (χ0) is 25.4. The maximum atomic E-state index is 4.86. The van der Waals surface area contributed by atoms with Crippen molar-refractivity contribution >= 4 is 94.0 Å². The standard InChI is InChI=1S/C30H24AsN3Se3/c1-19-13-16-32-28-22(19)7-4-10-25(28)35-31(36-26-11-5-8-23-20(2)14-17-33-29(23)26)37-27-12-6-9-24-21(3)15-18-34-30(24)27/h4-18H,1-3H3. The van der Waals surface area contributed by atoms with Crippen LogP contribution in [0, 0.1) is 20.8 Å². The van der Waals surface area contributed by atoms with Gasteiger partial charge >= 0.3 is 238 Å². The summed E-state index contributed by atoms with van der Waals surface area (Å²) in [5, 5.41) is 3.88. The van der Waals surface area contributed by atoms with Gasteiger partial charge in [0, 0.05) is 0 Å². The number of rotatable bonds is 6. The molecule has 3 aromatic carbocycles. The molecule has 0 unspecified atom stereocenters. The number of para-hydroxylation sites is 3. The van der Waals surface area contributed by atoms with Gasteiger partial charge in [0.15, 0.2) is 0 Å². The van der Waals surface area contributed by atoms with E-state index in [1.54, 1.807) is 0 Å². The van der Waals surface area contributed by atoms with Gasteiger partial charge in [0.1, 0.15) is 0 Å². The average Bonchev–Trinajstić information content (AvgIpc) is 2.90. The monoisotopic (exact) mass is 741 g/mol. The van der Waals surface area contributed by atoms with Crippen LogP contribution >= 0.6 is 0 Å². The Morgan fingerprint density at radius 2 is 0.784 bits per heavy atom. The molecule has 0 fully saturated rings. The third kappa shape index (κ3) is 5.18. The Morgan fingerprint density at radius 1 is 0.459 bits per heavy atom. The molecule has 0 atom stereocenters. The molecule has 0 bridgehead atoms. The molecule has 0 spiro atoms. The molecule has 37 heavy (non-hydrogen) atoms. The SMILES string of the molecule is Cc1ccnc2c([Se][As]([Se]c3cccc4c(C)ccnc34)[Se]c3cccc4c(C)ccnc34)cccc12. The van der Waals surface area contributed by atoms with E-state index in [2.05, 4.69) is 93.6 Å². The van der Waals surface area contributed by atoms with Crippen LogP contribution in [-0.4, -0.2) is 62.8 Å². The first kappa shape index (κ1) is 25.3. The van der Waals surface area contributed by atoms with Gasteiger partial charge in [-0.05, 0) is 0 Å². The van der Waals surface area contributed by atoms with E-state index < -0.39 is 9.00 Å². The van der Waals surface area contributed by atoms with Gasteiger partial charge in [-0.3, -0.25) is 0 Å². The van der Waals surface area contributed by atoms with E-state index in [-0.39, 0.29) is 0 Å². The molecule has 182 valence electrons. The van der Waals surface area contributed by atoms with E-state index in [1.165, 1.54) is 62.8 Å². The summed E-state index contributed by atoms with van der Waals surface area (Å²) < 4.78 is 4.39. The zero-order valence-corrected chi connectivity index (χ0v) is 27.7. The Bertz CT molecular complexity index is 1570. The molecule has 6 rings (SSSR count). The molecule has 0 N–H and O–H groups in total. The molecule has 0 aliphatic carbocycles. The number of fused-ring (bicyclic) bond motifs is 3. The topological polar surface area (TPSA) is 38.7 Å². The summed E-state index contributed by atoms with van der Waals surface area (Å²) in [7, 11) is -1.30. The van der Waals surface area contributed by atoms with Gasteiger partial charge in [-0.15, -0.1) is 0 Å². The van der Waals surface area contributed by atoms with Crippen LogP contribution in [0.2, 0.25) is 0 Å². The van der Waals surface area contributed by atoms with Crippen molar-refractivity contribution in [2.45, 2.75) is 20.8 Å².